The molecule has 0 fully saturated rings. The van der Waals surface area contributed by atoms with Crippen LogP contribution in [0, 0.1) is 29.6 Å². The summed E-state index contributed by atoms with van der Waals surface area (Å²) < 4.78 is 39.0. The van der Waals surface area contributed by atoms with Gasteiger partial charge in [0.15, 0.2) is 14.4 Å². The topological polar surface area (TPSA) is 81.7 Å². The molecule has 258 valence electrons. The molecule has 9 heteroatoms. The summed E-state index contributed by atoms with van der Waals surface area (Å²) in [6.45, 7) is 22.5. The zero-order valence-corrected chi connectivity index (χ0v) is 31.2. The van der Waals surface area contributed by atoms with E-state index in [4.69, 9.17) is 32.8 Å². The Balaban J connectivity index is 2.89. The third-order valence-corrected chi connectivity index (χ3v) is 12.8. The van der Waals surface area contributed by atoms with Crippen molar-refractivity contribution in [1.82, 2.24) is 0 Å². The number of carbonyl (C=O) groups excluding carboxylic acids is 1. The van der Waals surface area contributed by atoms with Crippen LogP contribution < -0.4 is 4.74 Å². The molecule has 8 nitrogen and oxygen atoms in total. The maximum atomic E-state index is 12.1. The lowest BCUT2D eigenvalue weighted by molar-refractivity contribution is -0.132. The number of hydrogen-bond acceptors (Lipinski definition) is 8. The van der Waals surface area contributed by atoms with E-state index in [0.29, 0.717) is 32.0 Å². The monoisotopic (exact) mass is 658 g/mol. The van der Waals surface area contributed by atoms with Crippen LogP contribution in [-0.2, 0) is 34.7 Å². The Morgan fingerprint density at radius 1 is 1.00 bits per heavy atom. The summed E-state index contributed by atoms with van der Waals surface area (Å²) in [5, 5.41) is 0.169. The summed E-state index contributed by atoms with van der Waals surface area (Å²) in [4.78, 5) is 12.1. The molecule has 0 saturated carbocycles. The molecule has 1 rings (SSSR count). The zero-order chi connectivity index (χ0) is 34.8. The van der Waals surface area contributed by atoms with E-state index in [2.05, 4.69) is 71.0 Å². The number of ether oxygens (including phenoxy) is 6. The Bertz CT molecular complexity index is 1180. The molecule has 1 aromatic carbocycles. The van der Waals surface area contributed by atoms with Crippen LogP contribution in [0.2, 0.25) is 18.1 Å². The molecule has 0 bridgehead atoms. The van der Waals surface area contributed by atoms with Gasteiger partial charge >= 0.3 is 6.16 Å². The molecule has 4 atom stereocenters. The summed E-state index contributed by atoms with van der Waals surface area (Å²) >= 11 is 0. The van der Waals surface area contributed by atoms with Crippen molar-refractivity contribution in [3.05, 3.63) is 42.0 Å². The van der Waals surface area contributed by atoms with E-state index in [-0.39, 0.29) is 24.4 Å². The van der Waals surface area contributed by atoms with E-state index < -0.39 is 26.2 Å². The smallest absolute Gasteiger partial charge is 0.497 e. The van der Waals surface area contributed by atoms with E-state index in [1.807, 2.05) is 38.1 Å². The van der Waals surface area contributed by atoms with Gasteiger partial charge in [0.25, 0.3) is 0 Å². The van der Waals surface area contributed by atoms with Gasteiger partial charge in [-0.25, -0.2) is 4.79 Å². The molecule has 3 unspecified atom stereocenters. The normalized spacial score (nSPS) is 14.8. The molecule has 1 aromatic rings. The predicted octanol–water partition coefficient (Wildman–Crippen LogP) is 8.30. The average Bonchev–Trinajstić information content (AvgIpc) is 2.99. The summed E-state index contributed by atoms with van der Waals surface area (Å²) in [5.41, 5.74) is 1.33. The molecule has 0 heterocycles. The van der Waals surface area contributed by atoms with Crippen LogP contribution in [0.3, 0.4) is 0 Å². The maximum Gasteiger partial charge on any atom is 0.509 e. The van der Waals surface area contributed by atoms with Crippen LogP contribution in [0.5, 0.6) is 5.75 Å². The Hall–Kier alpha value is -2.79. The molecule has 0 amide bonds. The molecule has 0 aliphatic carbocycles. The highest BCUT2D eigenvalue weighted by Crippen LogP contribution is 2.37. The fourth-order valence-electron chi connectivity index (χ4n) is 4.17. The van der Waals surface area contributed by atoms with Crippen LogP contribution in [0.4, 0.5) is 4.79 Å². The Kier molecular flexibility index (Phi) is 18.3. The number of benzene rings is 1. The van der Waals surface area contributed by atoms with E-state index in [9.17, 15) is 4.79 Å². The van der Waals surface area contributed by atoms with Crippen molar-refractivity contribution < 1.29 is 37.6 Å². The van der Waals surface area contributed by atoms with Crippen molar-refractivity contribution in [3.63, 3.8) is 0 Å². The maximum absolute atomic E-state index is 12.1. The van der Waals surface area contributed by atoms with Crippen LogP contribution in [0.25, 0.3) is 0 Å². The minimum atomic E-state index is -1.81. The van der Waals surface area contributed by atoms with Gasteiger partial charge in [0.2, 0.25) is 0 Å². The molecular formula is C37H58O8Si. The highest BCUT2D eigenvalue weighted by Gasteiger charge is 2.37. The second-order valence-corrected chi connectivity index (χ2v) is 18.2. The molecule has 46 heavy (non-hydrogen) atoms. The lowest BCUT2D eigenvalue weighted by Gasteiger charge is -2.36. The lowest BCUT2D eigenvalue weighted by atomic mass is 9.92. The molecule has 0 saturated heterocycles. The van der Waals surface area contributed by atoms with E-state index in [0.717, 1.165) is 29.7 Å². The predicted molar refractivity (Wildman–Crippen MR) is 186 cm³/mol. The van der Waals surface area contributed by atoms with Gasteiger partial charge in [-0.1, -0.05) is 68.7 Å². The number of methoxy groups -OCH3 is 3. The molecule has 0 aliphatic heterocycles. The van der Waals surface area contributed by atoms with Gasteiger partial charge in [-0.15, -0.1) is 0 Å². The summed E-state index contributed by atoms with van der Waals surface area (Å²) in [7, 11) is 2.66. The van der Waals surface area contributed by atoms with Gasteiger partial charge in [-0.3, -0.25) is 0 Å². The van der Waals surface area contributed by atoms with Gasteiger partial charge in [0, 0.05) is 33.0 Å². The van der Waals surface area contributed by atoms with Gasteiger partial charge in [-0.2, -0.15) is 0 Å². The Morgan fingerprint density at radius 3 is 2.24 bits per heavy atom. The van der Waals surface area contributed by atoms with Gasteiger partial charge in [0.1, 0.15) is 18.6 Å². The quantitative estimate of drug-likeness (QED) is 0.0512. The van der Waals surface area contributed by atoms with Crippen molar-refractivity contribution in [1.29, 1.82) is 0 Å². The van der Waals surface area contributed by atoms with Crippen LogP contribution in [-0.4, -0.2) is 67.0 Å². The number of rotatable bonds is 18. The molecule has 0 spiro atoms. The first-order valence-corrected chi connectivity index (χ1v) is 18.8. The average molecular weight is 659 g/mol. The summed E-state index contributed by atoms with van der Waals surface area (Å²) in [6, 6.07) is 7.71. The van der Waals surface area contributed by atoms with Crippen LogP contribution in [0.1, 0.15) is 79.2 Å². The molecule has 0 N–H and O–H groups in total. The fourth-order valence-corrected chi connectivity index (χ4v) is 5.23. The SMILES string of the molecule is C=C(C)[C@H](CCC#CC(CC(C)(CC#CC(C)OCc1ccc(OC)cc1)OCOC)OC(=O)OC)CCO[Si](C)(C)C(C)(C)C. The fraction of sp³-hybridized carbons (Fsp3) is 0.649. The van der Waals surface area contributed by atoms with Crippen molar-refractivity contribution in [2.24, 2.45) is 5.92 Å². The minimum absolute atomic E-state index is 0.0529. The first kappa shape index (κ1) is 41.2. The Morgan fingerprint density at radius 2 is 1.67 bits per heavy atom. The van der Waals surface area contributed by atoms with Crippen molar-refractivity contribution in [2.75, 3.05) is 34.7 Å². The summed E-state index contributed by atoms with van der Waals surface area (Å²) in [5.74, 6) is 13.8. The zero-order valence-electron chi connectivity index (χ0n) is 30.2. The molecule has 0 radical (unpaired) electrons. The van der Waals surface area contributed by atoms with E-state index in [1.165, 1.54) is 7.11 Å². The third-order valence-electron chi connectivity index (χ3n) is 8.29. The summed E-state index contributed by atoms with van der Waals surface area (Å²) in [6.07, 6.45) is 1.12. The highest BCUT2D eigenvalue weighted by atomic mass is 28.4. The molecule has 0 aromatic heterocycles. The second-order valence-electron chi connectivity index (χ2n) is 13.4. The number of hydrogen-bond donors (Lipinski definition) is 0. The molecular weight excluding hydrogens is 600 g/mol. The van der Waals surface area contributed by atoms with Crippen molar-refractivity contribution in [2.45, 2.75) is 116 Å². The van der Waals surface area contributed by atoms with Crippen LogP contribution in [0.15, 0.2) is 36.4 Å². The highest BCUT2D eigenvalue weighted by molar-refractivity contribution is 6.74. The largest absolute Gasteiger partial charge is 0.509 e. The van der Waals surface area contributed by atoms with Gasteiger partial charge < -0.3 is 32.8 Å². The third kappa shape index (κ3) is 16.2. The minimum Gasteiger partial charge on any atom is -0.497 e. The lowest BCUT2D eigenvalue weighted by Crippen LogP contribution is -2.41. The Labute approximate surface area is 280 Å². The second kappa shape index (κ2) is 20.4. The number of carbonyl (C=O) groups is 1. The standard InChI is InChI=1S/C37H58O8Si/c1-29(2)32(23-25-44-46(11,12)36(4,5)6)17-13-14-18-34(45-35(38)41-10)26-37(7,43-28-39-8)24-15-16-30(3)42-27-31-19-21-33(40-9)22-20-31/h19-22,30,32,34H,1,13,17,23-28H2,2-12H3/t30?,32-,34?,37?/m1/s1. The van der Waals surface area contributed by atoms with E-state index in [1.54, 1.807) is 14.2 Å². The van der Waals surface area contributed by atoms with Crippen LogP contribution >= 0.6 is 0 Å². The number of allylic oxidation sites excluding steroid dienone is 1. The molecule has 0 aliphatic rings. The van der Waals surface area contributed by atoms with Crippen molar-refractivity contribution in [3.8, 4) is 29.4 Å². The van der Waals surface area contributed by atoms with E-state index >= 15 is 0 Å². The first-order valence-electron chi connectivity index (χ1n) is 15.9. The first-order chi connectivity index (χ1) is 21.6. The van der Waals surface area contributed by atoms with Gasteiger partial charge in [-0.05, 0) is 75.4 Å². The van der Waals surface area contributed by atoms with Crippen molar-refractivity contribution >= 4 is 14.5 Å². The van der Waals surface area contributed by atoms with Gasteiger partial charge in [0.05, 0.1) is 26.4 Å².